The fourth-order valence-corrected chi connectivity index (χ4v) is 1.93. The molecule has 19 heavy (non-hydrogen) atoms. The Labute approximate surface area is 127 Å². The van der Waals surface area contributed by atoms with Crippen LogP contribution in [0.25, 0.3) is 0 Å². The summed E-state index contributed by atoms with van der Waals surface area (Å²) in [5, 5.41) is 2.35. The summed E-state index contributed by atoms with van der Waals surface area (Å²) in [5.74, 6) is -0.598. The lowest BCUT2D eigenvalue weighted by Gasteiger charge is -2.13. The van der Waals surface area contributed by atoms with Gasteiger partial charge in [-0.1, -0.05) is 46.1 Å². The fourth-order valence-electron chi connectivity index (χ4n) is 1.24. The molecule has 0 aromatic heterocycles. The van der Waals surface area contributed by atoms with Crippen LogP contribution in [-0.4, -0.2) is 17.3 Å². The average Bonchev–Trinajstić information content (AvgIpc) is 2.32. The van der Waals surface area contributed by atoms with Crippen molar-refractivity contribution in [1.82, 2.24) is 0 Å². The van der Waals surface area contributed by atoms with Gasteiger partial charge in [-0.25, -0.2) is 0 Å². The Morgan fingerprint density at radius 3 is 2.37 bits per heavy atom. The third-order valence-corrected chi connectivity index (χ3v) is 3.74. The molecule has 0 radical (unpaired) electrons. The first kappa shape index (κ1) is 16.5. The number of hydrogen-bond donors (Lipinski definition) is 1. The zero-order chi connectivity index (χ0) is 14.6. The van der Waals surface area contributed by atoms with Gasteiger partial charge >= 0.3 is 6.61 Å². The van der Waals surface area contributed by atoms with E-state index in [1.807, 2.05) is 6.92 Å². The smallest absolute Gasteiger partial charge is 0.387 e. The normalized spacial score (nSPS) is 12.4. The van der Waals surface area contributed by atoms with Crippen molar-refractivity contribution in [3.8, 4) is 5.75 Å². The number of anilines is 1. The summed E-state index contributed by atoms with van der Waals surface area (Å²) < 4.78 is 28.4. The van der Waals surface area contributed by atoms with Crippen LogP contribution >= 0.6 is 39.1 Å². The number of nitrogens with one attached hydrogen (secondary N) is 1. The van der Waals surface area contributed by atoms with Gasteiger partial charge in [0.15, 0.2) is 5.75 Å². The zero-order valence-corrected chi connectivity index (χ0v) is 12.8. The standard InChI is InChI=1S/C11H10BrCl2F2NO2/c1-2-6(12)10(18)17-5-3-7(13)9(8(14)4-5)19-11(15)16/h3-4,6,11H,2H2,1H3,(H,17,18). The highest BCUT2D eigenvalue weighted by atomic mass is 79.9. The number of carbonyl (C=O) groups is 1. The van der Waals surface area contributed by atoms with Gasteiger partial charge in [0.2, 0.25) is 5.91 Å². The number of amides is 1. The van der Waals surface area contributed by atoms with Crippen molar-refractivity contribution in [1.29, 1.82) is 0 Å². The minimum Gasteiger partial charge on any atom is -0.432 e. The maximum Gasteiger partial charge on any atom is 0.387 e. The molecule has 0 fully saturated rings. The van der Waals surface area contributed by atoms with Crippen molar-refractivity contribution in [2.45, 2.75) is 24.8 Å². The van der Waals surface area contributed by atoms with Crippen molar-refractivity contribution < 1.29 is 18.3 Å². The van der Waals surface area contributed by atoms with Crippen molar-refractivity contribution >= 4 is 50.7 Å². The van der Waals surface area contributed by atoms with Gasteiger partial charge in [-0.05, 0) is 18.6 Å². The van der Waals surface area contributed by atoms with Crippen LogP contribution in [0.15, 0.2) is 12.1 Å². The number of halogens is 5. The fraction of sp³-hybridized carbons (Fsp3) is 0.364. The Balaban J connectivity index is 2.92. The molecular weight excluding hydrogens is 367 g/mol. The molecule has 0 aliphatic rings. The van der Waals surface area contributed by atoms with E-state index in [0.29, 0.717) is 12.1 Å². The highest BCUT2D eigenvalue weighted by molar-refractivity contribution is 9.10. The van der Waals surface area contributed by atoms with Gasteiger partial charge in [0.1, 0.15) is 0 Å². The molecule has 0 aliphatic heterocycles. The van der Waals surface area contributed by atoms with Crippen LogP contribution in [0.4, 0.5) is 14.5 Å². The first-order chi connectivity index (χ1) is 8.85. The minimum atomic E-state index is -3.03. The molecule has 0 saturated carbocycles. The number of alkyl halides is 3. The average molecular weight is 377 g/mol. The van der Waals surface area contributed by atoms with Crippen molar-refractivity contribution in [2.24, 2.45) is 0 Å². The van der Waals surface area contributed by atoms with Gasteiger partial charge in [0.25, 0.3) is 0 Å². The lowest BCUT2D eigenvalue weighted by Crippen LogP contribution is -2.22. The van der Waals surface area contributed by atoms with Crippen molar-refractivity contribution in [3.63, 3.8) is 0 Å². The summed E-state index contributed by atoms with van der Waals surface area (Å²) >= 11 is 14.7. The molecule has 106 valence electrons. The van der Waals surface area contributed by atoms with Crippen LogP contribution in [0.3, 0.4) is 0 Å². The second-order valence-corrected chi connectivity index (χ2v) is 5.43. The third kappa shape index (κ3) is 4.78. The quantitative estimate of drug-likeness (QED) is 0.756. The minimum absolute atomic E-state index is 0.106. The molecule has 0 saturated heterocycles. The van der Waals surface area contributed by atoms with Crippen LogP contribution in [0.5, 0.6) is 5.75 Å². The third-order valence-electron chi connectivity index (χ3n) is 2.12. The molecule has 1 aromatic carbocycles. The molecule has 1 N–H and O–H groups in total. The Kier molecular flexibility index (Phi) is 6.29. The first-order valence-corrected chi connectivity index (χ1v) is 6.91. The molecule has 3 nitrogen and oxygen atoms in total. The molecule has 1 unspecified atom stereocenters. The SMILES string of the molecule is CCC(Br)C(=O)Nc1cc(Cl)c(OC(F)F)c(Cl)c1. The summed E-state index contributed by atoms with van der Waals surface area (Å²) in [4.78, 5) is 11.3. The van der Waals surface area contributed by atoms with E-state index in [4.69, 9.17) is 23.2 Å². The molecule has 1 atom stereocenters. The van der Waals surface area contributed by atoms with E-state index >= 15 is 0 Å². The number of rotatable bonds is 5. The Hall–Kier alpha value is -0.590. The molecular formula is C11H10BrCl2F2NO2. The van der Waals surface area contributed by atoms with E-state index in [-0.39, 0.29) is 26.5 Å². The molecule has 8 heteroatoms. The van der Waals surface area contributed by atoms with Gasteiger partial charge in [0.05, 0.1) is 14.9 Å². The molecule has 1 aromatic rings. The second kappa shape index (κ2) is 7.26. The first-order valence-electron chi connectivity index (χ1n) is 5.24. The molecule has 1 rings (SSSR count). The van der Waals surface area contributed by atoms with E-state index in [0.717, 1.165) is 0 Å². The Bertz CT molecular complexity index is 451. The molecule has 0 heterocycles. The zero-order valence-electron chi connectivity index (χ0n) is 9.72. The van der Waals surface area contributed by atoms with Crippen molar-refractivity contribution in [2.75, 3.05) is 5.32 Å². The van der Waals surface area contributed by atoms with Gasteiger partial charge in [-0.3, -0.25) is 4.79 Å². The maximum atomic E-state index is 12.1. The predicted octanol–water partition coefficient (Wildman–Crippen LogP) is 4.71. The highest BCUT2D eigenvalue weighted by Crippen LogP contribution is 2.37. The van der Waals surface area contributed by atoms with Crippen LogP contribution in [-0.2, 0) is 4.79 Å². The molecule has 0 aliphatic carbocycles. The maximum absolute atomic E-state index is 12.1. The van der Waals surface area contributed by atoms with E-state index in [1.165, 1.54) is 12.1 Å². The van der Waals surface area contributed by atoms with Gasteiger partial charge < -0.3 is 10.1 Å². The van der Waals surface area contributed by atoms with Crippen LogP contribution < -0.4 is 10.1 Å². The van der Waals surface area contributed by atoms with E-state index < -0.39 is 6.61 Å². The van der Waals surface area contributed by atoms with Crippen molar-refractivity contribution in [3.05, 3.63) is 22.2 Å². The monoisotopic (exact) mass is 375 g/mol. The van der Waals surface area contributed by atoms with E-state index in [9.17, 15) is 13.6 Å². The Morgan fingerprint density at radius 1 is 1.42 bits per heavy atom. The predicted molar refractivity (Wildman–Crippen MR) is 74.7 cm³/mol. The summed E-state index contributed by atoms with van der Waals surface area (Å²) in [5.41, 5.74) is 0.305. The summed E-state index contributed by atoms with van der Waals surface area (Å²) in [6.45, 7) is -1.19. The largest absolute Gasteiger partial charge is 0.432 e. The van der Waals surface area contributed by atoms with E-state index in [1.54, 1.807) is 0 Å². The van der Waals surface area contributed by atoms with E-state index in [2.05, 4.69) is 26.0 Å². The lowest BCUT2D eigenvalue weighted by molar-refractivity contribution is -0.115. The topological polar surface area (TPSA) is 38.3 Å². The molecule has 1 amide bonds. The highest BCUT2D eigenvalue weighted by Gasteiger charge is 2.17. The van der Waals surface area contributed by atoms with Gasteiger partial charge in [-0.15, -0.1) is 0 Å². The van der Waals surface area contributed by atoms with Crippen LogP contribution in [0.1, 0.15) is 13.3 Å². The summed E-state index contributed by atoms with van der Waals surface area (Å²) in [6, 6.07) is 2.58. The van der Waals surface area contributed by atoms with Crippen LogP contribution in [0, 0.1) is 0 Å². The second-order valence-electron chi connectivity index (χ2n) is 3.51. The van der Waals surface area contributed by atoms with Crippen LogP contribution in [0.2, 0.25) is 10.0 Å². The number of carbonyl (C=O) groups excluding carboxylic acids is 1. The summed E-state index contributed by atoms with van der Waals surface area (Å²) in [7, 11) is 0. The number of benzene rings is 1. The lowest BCUT2D eigenvalue weighted by atomic mass is 10.2. The summed E-state index contributed by atoms with van der Waals surface area (Å²) in [6.07, 6.45) is 0.597. The molecule has 0 bridgehead atoms. The van der Waals surface area contributed by atoms with Gasteiger partial charge in [0, 0.05) is 5.69 Å². The Morgan fingerprint density at radius 2 is 1.95 bits per heavy atom. The number of ether oxygens (including phenoxy) is 1. The number of hydrogen-bond acceptors (Lipinski definition) is 2. The molecule has 0 spiro atoms. The van der Waals surface area contributed by atoms with Gasteiger partial charge in [-0.2, -0.15) is 8.78 Å².